The first-order valence-electron chi connectivity index (χ1n) is 4.96. The fourth-order valence-electron chi connectivity index (χ4n) is 1.26. The van der Waals surface area contributed by atoms with Gasteiger partial charge in [-0.1, -0.05) is 12.1 Å². The summed E-state index contributed by atoms with van der Waals surface area (Å²) in [6, 6.07) is 6.15. The number of hydrogen-bond donors (Lipinski definition) is 3. The van der Waals surface area contributed by atoms with E-state index in [1.165, 1.54) is 12.1 Å². The molecule has 0 bridgehead atoms. The monoisotopic (exact) mass is 257 g/mol. The molecule has 0 radical (unpaired) electrons. The van der Waals surface area contributed by atoms with E-state index in [4.69, 9.17) is 5.14 Å². The van der Waals surface area contributed by atoms with Gasteiger partial charge in [0.2, 0.25) is 15.9 Å². The number of benzene rings is 1. The number of carbonyl (C=O) groups excluding carboxylic acids is 1. The molecule has 17 heavy (non-hydrogen) atoms. The highest BCUT2D eigenvalue weighted by molar-refractivity contribution is 7.89. The number of hydrogen-bond acceptors (Lipinski definition) is 4. The van der Waals surface area contributed by atoms with Crippen LogP contribution >= 0.6 is 0 Å². The Hall–Kier alpha value is -1.44. The van der Waals surface area contributed by atoms with E-state index in [-0.39, 0.29) is 23.9 Å². The Kier molecular flexibility index (Phi) is 4.62. The summed E-state index contributed by atoms with van der Waals surface area (Å²) in [6.07, 6.45) is 0. The molecule has 0 atom stereocenters. The van der Waals surface area contributed by atoms with Gasteiger partial charge in [-0.25, -0.2) is 13.6 Å². The highest BCUT2D eigenvalue weighted by Gasteiger charge is 2.08. The van der Waals surface area contributed by atoms with Gasteiger partial charge in [-0.2, -0.15) is 0 Å². The molecule has 0 aliphatic carbocycles. The minimum Gasteiger partial charge on any atom is -0.351 e. The zero-order valence-electron chi connectivity index (χ0n) is 9.43. The lowest BCUT2D eigenvalue weighted by Crippen LogP contribution is -2.31. The van der Waals surface area contributed by atoms with E-state index in [1.807, 2.05) is 0 Å². The summed E-state index contributed by atoms with van der Waals surface area (Å²) in [5.41, 5.74) is 0.681. The summed E-state index contributed by atoms with van der Waals surface area (Å²) in [5, 5.41) is 10.4. The summed E-state index contributed by atoms with van der Waals surface area (Å²) in [7, 11) is -2.03. The highest BCUT2D eigenvalue weighted by atomic mass is 32.2. The van der Waals surface area contributed by atoms with Gasteiger partial charge in [0.25, 0.3) is 0 Å². The van der Waals surface area contributed by atoms with Crippen LogP contribution in [0.4, 0.5) is 0 Å². The molecule has 0 heterocycles. The second-order valence-corrected chi connectivity index (χ2v) is 5.06. The van der Waals surface area contributed by atoms with Crippen molar-refractivity contribution in [3.05, 3.63) is 29.8 Å². The lowest BCUT2D eigenvalue weighted by molar-refractivity contribution is -0.120. The maximum absolute atomic E-state index is 11.2. The molecular formula is C10H15N3O3S. The van der Waals surface area contributed by atoms with Crippen molar-refractivity contribution in [3.63, 3.8) is 0 Å². The van der Waals surface area contributed by atoms with Crippen LogP contribution in [0.25, 0.3) is 0 Å². The molecule has 6 nitrogen and oxygen atoms in total. The molecule has 0 spiro atoms. The number of likely N-dealkylation sites (N-methyl/N-ethyl adjacent to an activating group) is 1. The topological polar surface area (TPSA) is 101 Å². The standard InChI is InChI=1S/C10H15N3O3S/c1-12-7-10(14)13-6-8-3-2-4-9(5-8)17(11,15)16/h2-5,12H,6-7H2,1H3,(H,13,14)(H2,11,15,16). The molecular weight excluding hydrogens is 242 g/mol. The van der Waals surface area contributed by atoms with Crippen molar-refractivity contribution >= 4 is 15.9 Å². The van der Waals surface area contributed by atoms with Crippen LogP contribution in [0.3, 0.4) is 0 Å². The molecule has 1 rings (SSSR count). The average Bonchev–Trinajstić information content (AvgIpc) is 2.26. The molecule has 1 aromatic carbocycles. The molecule has 0 aliphatic heterocycles. The predicted octanol–water partition coefficient (Wildman–Crippen LogP) is -0.830. The number of carbonyl (C=O) groups is 1. The van der Waals surface area contributed by atoms with Gasteiger partial charge in [0.15, 0.2) is 0 Å². The Morgan fingerprint density at radius 3 is 2.71 bits per heavy atom. The lowest BCUT2D eigenvalue weighted by Gasteiger charge is -2.06. The summed E-state index contributed by atoms with van der Waals surface area (Å²) >= 11 is 0. The predicted molar refractivity (Wildman–Crippen MR) is 63.6 cm³/mol. The van der Waals surface area contributed by atoms with E-state index in [9.17, 15) is 13.2 Å². The molecule has 0 aromatic heterocycles. The minimum absolute atomic E-state index is 0.0397. The van der Waals surface area contributed by atoms with Crippen molar-refractivity contribution in [2.24, 2.45) is 5.14 Å². The minimum atomic E-state index is -3.70. The Bertz CT molecular complexity index is 499. The summed E-state index contributed by atoms with van der Waals surface area (Å²) < 4.78 is 22.2. The molecule has 0 unspecified atom stereocenters. The zero-order valence-corrected chi connectivity index (χ0v) is 10.3. The average molecular weight is 257 g/mol. The molecule has 0 saturated heterocycles. The van der Waals surface area contributed by atoms with Crippen molar-refractivity contribution < 1.29 is 13.2 Å². The Labute approximate surface area is 100 Å². The number of nitrogens with two attached hydrogens (primary N) is 1. The van der Waals surface area contributed by atoms with Crippen molar-refractivity contribution in [1.29, 1.82) is 0 Å². The van der Waals surface area contributed by atoms with Gasteiger partial charge in [-0.05, 0) is 24.7 Å². The van der Waals surface area contributed by atoms with Crippen LogP contribution in [-0.4, -0.2) is 27.9 Å². The van der Waals surface area contributed by atoms with E-state index < -0.39 is 10.0 Å². The van der Waals surface area contributed by atoms with Crippen molar-refractivity contribution in [2.75, 3.05) is 13.6 Å². The molecule has 94 valence electrons. The number of amides is 1. The van der Waals surface area contributed by atoms with Crippen LogP contribution in [0.2, 0.25) is 0 Å². The quantitative estimate of drug-likeness (QED) is 0.640. The van der Waals surface area contributed by atoms with Crippen LogP contribution in [0.1, 0.15) is 5.56 Å². The van der Waals surface area contributed by atoms with Gasteiger partial charge in [0.05, 0.1) is 11.4 Å². The molecule has 0 fully saturated rings. The number of primary sulfonamides is 1. The maximum Gasteiger partial charge on any atom is 0.238 e. The van der Waals surface area contributed by atoms with Crippen molar-refractivity contribution in [1.82, 2.24) is 10.6 Å². The first kappa shape index (κ1) is 13.6. The fraction of sp³-hybridized carbons (Fsp3) is 0.300. The Morgan fingerprint density at radius 1 is 1.41 bits per heavy atom. The van der Waals surface area contributed by atoms with E-state index >= 15 is 0 Å². The number of rotatable bonds is 5. The van der Waals surface area contributed by atoms with Gasteiger partial charge in [-0.3, -0.25) is 4.79 Å². The highest BCUT2D eigenvalue weighted by Crippen LogP contribution is 2.09. The van der Waals surface area contributed by atoms with Crippen LogP contribution in [0.15, 0.2) is 29.2 Å². The smallest absolute Gasteiger partial charge is 0.238 e. The van der Waals surface area contributed by atoms with Gasteiger partial charge in [0.1, 0.15) is 0 Å². The summed E-state index contributed by atoms with van der Waals surface area (Å²) in [5.74, 6) is -0.159. The molecule has 7 heteroatoms. The van der Waals surface area contributed by atoms with E-state index in [2.05, 4.69) is 10.6 Å². The third-order valence-electron chi connectivity index (χ3n) is 2.05. The fourth-order valence-corrected chi connectivity index (χ4v) is 1.84. The molecule has 4 N–H and O–H groups in total. The SMILES string of the molecule is CNCC(=O)NCc1cccc(S(N)(=O)=O)c1. The van der Waals surface area contributed by atoms with Gasteiger partial charge < -0.3 is 10.6 Å². The normalized spacial score (nSPS) is 11.2. The van der Waals surface area contributed by atoms with Gasteiger partial charge >= 0.3 is 0 Å². The van der Waals surface area contributed by atoms with Crippen LogP contribution < -0.4 is 15.8 Å². The van der Waals surface area contributed by atoms with E-state index in [0.717, 1.165) is 0 Å². The summed E-state index contributed by atoms with van der Waals surface area (Å²) in [6.45, 7) is 0.485. The number of sulfonamides is 1. The summed E-state index contributed by atoms with van der Waals surface area (Å²) in [4.78, 5) is 11.2. The van der Waals surface area contributed by atoms with Crippen molar-refractivity contribution in [3.8, 4) is 0 Å². The lowest BCUT2D eigenvalue weighted by atomic mass is 10.2. The Balaban J connectivity index is 2.70. The molecule has 1 aromatic rings. The third kappa shape index (κ3) is 4.51. The second kappa shape index (κ2) is 5.76. The van der Waals surface area contributed by atoms with Gasteiger partial charge in [0, 0.05) is 6.54 Å². The molecule has 1 amide bonds. The first-order chi connectivity index (χ1) is 7.93. The third-order valence-corrected chi connectivity index (χ3v) is 2.96. The van der Waals surface area contributed by atoms with E-state index in [1.54, 1.807) is 19.2 Å². The zero-order chi connectivity index (χ0) is 12.9. The number of nitrogens with one attached hydrogen (secondary N) is 2. The first-order valence-corrected chi connectivity index (χ1v) is 6.51. The van der Waals surface area contributed by atoms with Crippen molar-refractivity contribution in [2.45, 2.75) is 11.4 Å². The largest absolute Gasteiger partial charge is 0.351 e. The van der Waals surface area contributed by atoms with E-state index in [0.29, 0.717) is 5.56 Å². The molecule has 0 aliphatic rings. The second-order valence-electron chi connectivity index (χ2n) is 3.50. The van der Waals surface area contributed by atoms with Crippen LogP contribution in [0, 0.1) is 0 Å². The van der Waals surface area contributed by atoms with Crippen LogP contribution in [0.5, 0.6) is 0 Å². The van der Waals surface area contributed by atoms with Crippen LogP contribution in [-0.2, 0) is 21.4 Å². The van der Waals surface area contributed by atoms with Gasteiger partial charge in [-0.15, -0.1) is 0 Å². The maximum atomic E-state index is 11.2. The Morgan fingerprint density at radius 2 is 2.12 bits per heavy atom. The molecule has 0 saturated carbocycles.